The van der Waals surface area contributed by atoms with Crippen molar-refractivity contribution in [3.63, 3.8) is 0 Å². The quantitative estimate of drug-likeness (QED) is 0.656. The highest BCUT2D eigenvalue weighted by atomic mass is 16.2. The molecule has 2 aliphatic rings. The van der Waals surface area contributed by atoms with E-state index in [0.29, 0.717) is 19.4 Å². The van der Waals surface area contributed by atoms with E-state index in [1.54, 1.807) is 4.90 Å². The average molecular weight is 215 g/mol. The highest BCUT2D eigenvalue weighted by Gasteiger charge is 2.38. The number of nitrogens with zero attached hydrogens (tertiary/aromatic N) is 1. The van der Waals surface area contributed by atoms with Crippen LogP contribution in [0.4, 0.5) is 0 Å². The molecule has 1 saturated heterocycles. The summed E-state index contributed by atoms with van der Waals surface area (Å²) in [6.07, 6.45) is 2.01. The number of hydrogen-bond donors (Lipinski definition) is 0. The first kappa shape index (κ1) is 9.58. The number of ketones is 1. The molecular weight excluding hydrogens is 202 g/mol. The van der Waals surface area contributed by atoms with Crippen molar-refractivity contribution < 1.29 is 9.59 Å². The van der Waals surface area contributed by atoms with Gasteiger partial charge < -0.3 is 4.90 Å². The van der Waals surface area contributed by atoms with Crippen LogP contribution in [-0.4, -0.2) is 29.2 Å². The van der Waals surface area contributed by atoms with Gasteiger partial charge in [0.05, 0.1) is 6.04 Å². The maximum atomic E-state index is 12.3. The number of carbonyl (C=O) groups is 2. The smallest absolute Gasteiger partial charge is 0.223 e. The Morgan fingerprint density at radius 1 is 1.12 bits per heavy atom. The Morgan fingerprint density at radius 3 is 2.81 bits per heavy atom. The van der Waals surface area contributed by atoms with Gasteiger partial charge in [-0.3, -0.25) is 9.59 Å². The minimum absolute atomic E-state index is 0.124. The normalized spacial score (nSPS) is 24.0. The topological polar surface area (TPSA) is 37.4 Å². The molecule has 2 heterocycles. The third-order valence-electron chi connectivity index (χ3n) is 3.54. The summed E-state index contributed by atoms with van der Waals surface area (Å²) in [6.45, 7) is 0.687. The standard InChI is InChI=1S/C13H13NO2/c15-12-6-5-11-13(16)10-4-2-1-3-9(10)7-8-14(11)12/h1-4,11H,5-8H2. The summed E-state index contributed by atoms with van der Waals surface area (Å²) in [5.74, 6) is 0.255. The lowest BCUT2D eigenvalue weighted by Crippen LogP contribution is -2.37. The van der Waals surface area contributed by atoms with Crippen molar-refractivity contribution >= 4 is 11.7 Å². The summed E-state index contributed by atoms with van der Waals surface area (Å²) in [5.41, 5.74) is 1.89. The maximum Gasteiger partial charge on any atom is 0.223 e. The molecule has 1 atom stereocenters. The van der Waals surface area contributed by atoms with Crippen molar-refractivity contribution in [1.82, 2.24) is 4.90 Å². The van der Waals surface area contributed by atoms with Gasteiger partial charge in [0.2, 0.25) is 5.91 Å². The van der Waals surface area contributed by atoms with E-state index in [0.717, 1.165) is 17.5 Å². The van der Waals surface area contributed by atoms with Crippen molar-refractivity contribution in [3.05, 3.63) is 35.4 Å². The number of amides is 1. The molecule has 0 saturated carbocycles. The van der Waals surface area contributed by atoms with Crippen molar-refractivity contribution in [2.75, 3.05) is 6.54 Å². The molecule has 1 aromatic carbocycles. The van der Waals surface area contributed by atoms with Crippen molar-refractivity contribution in [2.24, 2.45) is 0 Å². The van der Waals surface area contributed by atoms with E-state index < -0.39 is 0 Å². The summed E-state index contributed by atoms with van der Waals surface area (Å²) in [5, 5.41) is 0. The van der Waals surface area contributed by atoms with E-state index in [4.69, 9.17) is 0 Å². The molecule has 3 rings (SSSR count). The molecule has 16 heavy (non-hydrogen) atoms. The molecule has 3 heteroatoms. The Bertz CT molecular complexity index is 467. The second-order valence-corrected chi connectivity index (χ2v) is 4.41. The lowest BCUT2D eigenvalue weighted by molar-refractivity contribution is -0.128. The zero-order chi connectivity index (χ0) is 11.1. The van der Waals surface area contributed by atoms with Crippen LogP contribution in [0.2, 0.25) is 0 Å². The number of Topliss-reactive ketones (excluding diaryl/α,β-unsaturated/α-hetero) is 1. The Labute approximate surface area is 94.1 Å². The van der Waals surface area contributed by atoms with Gasteiger partial charge >= 0.3 is 0 Å². The predicted molar refractivity (Wildman–Crippen MR) is 59.2 cm³/mol. The minimum atomic E-state index is -0.198. The summed E-state index contributed by atoms with van der Waals surface area (Å²) < 4.78 is 0. The Balaban J connectivity index is 2.05. The molecule has 1 unspecified atom stereocenters. The second-order valence-electron chi connectivity index (χ2n) is 4.41. The fourth-order valence-electron chi connectivity index (χ4n) is 2.69. The third kappa shape index (κ3) is 1.28. The molecule has 0 bridgehead atoms. The molecule has 1 amide bonds. The molecule has 2 aliphatic heterocycles. The number of hydrogen-bond acceptors (Lipinski definition) is 2. The molecule has 82 valence electrons. The van der Waals surface area contributed by atoms with Crippen LogP contribution in [0.15, 0.2) is 24.3 Å². The monoisotopic (exact) mass is 215 g/mol. The molecule has 0 aliphatic carbocycles. The molecule has 3 nitrogen and oxygen atoms in total. The van der Waals surface area contributed by atoms with E-state index in [1.165, 1.54) is 0 Å². The van der Waals surface area contributed by atoms with Crippen LogP contribution in [-0.2, 0) is 11.2 Å². The Morgan fingerprint density at radius 2 is 1.94 bits per heavy atom. The molecule has 0 spiro atoms. The van der Waals surface area contributed by atoms with Crippen molar-refractivity contribution in [2.45, 2.75) is 25.3 Å². The summed E-state index contributed by atoms with van der Waals surface area (Å²) in [4.78, 5) is 25.7. The van der Waals surface area contributed by atoms with Crippen LogP contribution in [0.5, 0.6) is 0 Å². The van der Waals surface area contributed by atoms with Crippen LogP contribution in [0.3, 0.4) is 0 Å². The van der Waals surface area contributed by atoms with Gasteiger partial charge in [-0.05, 0) is 18.4 Å². The summed E-state index contributed by atoms with van der Waals surface area (Å²) >= 11 is 0. The first-order valence-electron chi connectivity index (χ1n) is 5.69. The Hall–Kier alpha value is -1.64. The van der Waals surface area contributed by atoms with Crippen LogP contribution < -0.4 is 0 Å². The van der Waals surface area contributed by atoms with Gasteiger partial charge in [-0.2, -0.15) is 0 Å². The van der Waals surface area contributed by atoms with E-state index in [9.17, 15) is 9.59 Å². The highest BCUT2D eigenvalue weighted by molar-refractivity contribution is 6.04. The lowest BCUT2D eigenvalue weighted by Gasteiger charge is -2.20. The average Bonchev–Trinajstić information content (AvgIpc) is 2.60. The number of benzene rings is 1. The van der Waals surface area contributed by atoms with E-state index >= 15 is 0 Å². The number of rotatable bonds is 0. The molecule has 1 fully saturated rings. The van der Waals surface area contributed by atoms with E-state index in [-0.39, 0.29) is 17.7 Å². The largest absolute Gasteiger partial charge is 0.332 e. The maximum absolute atomic E-state index is 12.3. The van der Waals surface area contributed by atoms with Gasteiger partial charge in [-0.1, -0.05) is 24.3 Å². The van der Waals surface area contributed by atoms with Gasteiger partial charge in [0, 0.05) is 18.5 Å². The zero-order valence-electron chi connectivity index (χ0n) is 8.98. The first-order chi connectivity index (χ1) is 7.77. The van der Waals surface area contributed by atoms with Crippen molar-refractivity contribution in [1.29, 1.82) is 0 Å². The second kappa shape index (κ2) is 3.44. The molecule has 1 aromatic rings. The molecular formula is C13H13NO2. The summed E-state index contributed by atoms with van der Waals surface area (Å²) in [6, 6.07) is 7.51. The van der Waals surface area contributed by atoms with Gasteiger partial charge in [-0.25, -0.2) is 0 Å². The number of carbonyl (C=O) groups excluding carboxylic acids is 2. The van der Waals surface area contributed by atoms with Crippen LogP contribution in [0.25, 0.3) is 0 Å². The van der Waals surface area contributed by atoms with Gasteiger partial charge in [0.15, 0.2) is 5.78 Å². The fourth-order valence-corrected chi connectivity index (χ4v) is 2.69. The van der Waals surface area contributed by atoms with Crippen LogP contribution in [0.1, 0.15) is 28.8 Å². The predicted octanol–water partition coefficient (Wildman–Crippen LogP) is 1.42. The highest BCUT2D eigenvalue weighted by Crippen LogP contribution is 2.27. The van der Waals surface area contributed by atoms with Crippen molar-refractivity contribution in [3.8, 4) is 0 Å². The van der Waals surface area contributed by atoms with Gasteiger partial charge in [-0.15, -0.1) is 0 Å². The molecule has 0 N–H and O–H groups in total. The molecule has 0 aromatic heterocycles. The fraction of sp³-hybridized carbons (Fsp3) is 0.385. The molecule has 0 radical (unpaired) electrons. The lowest BCUT2D eigenvalue weighted by atomic mass is 9.98. The van der Waals surface area contributed by atoms with Crippen LogP contribution in [0, 0.1) is 0 Å². The van der Waals surface area contributed by atoms with E-state index in [1.807, 2.05) is 24.3 Å². The third-order valence-corrected chi connectivity index (χ3v) is 3.54. The van der Waals surface area contributed by atoms with E-state index in [2.05, 4.69) is 0 Å². The minimum Gasteiger partial charge on any atom is -0.332 e. The van der Waals surface area contributed by atoms with Gasteiger partial charge in [0.1, 0.15) is 0 Å². The first-order valence-corrected chi connectivity index (χ1v) is 5.69. The van der Waals surface area contributed by atoms with Gasteiger partial charge in [0.25, 0.3) is 0 Å². The Kier molecular flexibility index (Phi) is 2.06. The SMILES string of the molecule is O=C1c2ccccc2CCN2C(=O)CCC12. The van der Waals surface area contributed by atoms with Crippen LogP contribution >= 0.6 is 0 Å². The number of fused-ring (bicyclic) bond motifs is 2. The summed E-state index contributed by atoms with van der Waals surface area (Å²) in [7, 11) is 0. The zero-order valence-corrected chi connectivity index (χ0v) is 8.98.